The van der Waals surface area contributed by atoms with E-state index < -0.39 is 10.0 Å². The van der Waals surface area contributed by atoms with Gasteiger partial charge in [0.25, 0.3) is 0 Å². The van der Waals surface area contributed by atoms with Crippen LogP contribution in [-0.2, 0) is 10.0 Å². The Morgan fingerprint density at radius 1 is 1.41 bits per heavy atom. The van der Waals surface area contributed by atoms with Crippen molar-refractivity contribution in [3.05, 3.63) is 0 Å². The highest BCUT2D eigenvalue weighted by Crippen LogP contribution is 2.14. The van der Waals surface area contributed by atoms with E-state index in [1.165, 1.54) is 6.26 Å². The standard InChI is InChI=1S/C11H24N2O2S2/c1-4-16-9-10(2)12-11-5-7-13(8-6-11)17(3,14)15/h10-12H,4-9H2,1-3H3/t10-/m0/s1. The van der Waals surface area contributed by atoms with Crippen molar-refractivity contribution < 1.29 is 8.42 Å². The summed E-state index contributed by atoms with van der Waals surface area (Å²) in [7, 11) is -2.99. The first-order valence-corrected chi connectivity index (χ1v) is 9.22. The lowest BCUT2D eigenvalue weighted by atomic mass is 10.1. The molecule has 1 aliphatic heterocycles. The van der Waals surface area contributed by atoms with Crippen LogP contribution in [0.2, 0.25) is 0 Å². The molecule has 0 aromatic heterocycles. The summed E-state index contributed by atoms with van der Waals surface area (Å²) in [6, 6.07) is 0.982. The van der Waals surface area contributed by atoms with Crippen LogP contribution in [0.15, 0.2) is 0 Å². The van der Waals surface area contributed by atoms with Gasteiger partial charge in [-0.15, -0.1) is 0 Å². The summed E-state index contributed by atoms with van der Waals surface area (Å²) in [6.45, 7) is 5.68. The van der Waals surface area contributed by atoms with Gasteiger partial charge in [-0.1, -0.05) is 6.92 Å². The number of rotatable bonds is 6. The summed E-state index contributed by atoms with van der Waals surface area (Å²) in [4.78, 5) is 0. The SMILES string of the molecule is CCSC[C@H](C)NC1CCN(S(C)(=O)=O)CC1. The van der Waals surface area contributed by atoms with Gasteiger partial charge in [-0.05, 0) is 25.5 Å². The highest BCUT2D eigenvalue weighted by atomic mass is 32.2. The molecule has 0 bridgehead atoms. The lowest BCUT2D eigenvalue weighted by Gasteiger charge is -2.32. The Kier molecular flexibility index (Phi) is 6.26. The highest BCUT2D eigenvalue weighted by molar-refractivity contribution is 7.99. The van der Waals surface area contributed by atoms with E-state index in [-0.39, 0.29) is 0 Å². The first-order valence-electron chi connectivity index (χ1n) is 6.22. The van der Waals surface area contributed by atoms with Crippen molar-refractivity contribution >= 4 is 21.8 Å². The minimum absolute atomic E-state index is 0.473. The Hall–Kier alpha value is 0.220. The van der Waals surface area contributed by atoms with Gasteiger partial charge < -0.3 is 5.32 Å². The molecular formula is C11H24N2O2S2. The van der Waals surface area contributed by atoms with Crippen molar-refractivity contribution in [3.63, 3.8) is 0 Å². The fraction of sp³-hybridized carbons (Fsp3) is 1.00. The minimum atomic E-state index is -2.99. The Balaban J connectivity index is 2.28. The fourth-order valence-corrected chi connectivity index (χ4v) is 3.66. The average Bonchev–Trinajstić information content (AvgIpc) is 2.26. The van der Waals surface area contributed by atoms with E-state index in [1.54, 1.807) is 4.31 Å². The second kappa shape index (κ2) is 6.97. The van der Waals surface area contributed by atoms with E-state index >= 15 is 0 Å². The summed E-state index contributed by atoms with van der Waals surface area (Å²) in [6.07, 6.45) is 3.14. The summed E-state index contributed by atoms with van der Waals surface area (Å²) in [5.41, 5.74) is 0. The topological polar surface area (TPSA) is 49.4 Å². The Morgan fingerprint density at radius 2 is 2.00 bits per heavy atom. The van der Waals surface area contributed by atoms with E-state index in [0.717, 1.165) is 24.3 Å². The largest absolute Gasteiger partial charge is 0.311 e. The second-order valence-corrected chi connectivity index (χ2v) is 7.96. The average molecular weight is 280 g/mol. The number of nitrogens with one attached hydrogen (secondary N) is 1. The normalized spacial score (nSPS) is 21.6. The first-order chi connectivity index (χ1) is 7.93. The third kappa shape index (κ3) is 5.59. The molecule has 1 fully saturated rings. The smallest absolute Gasteiger partial charge is 0.211 e. The summed E-state index contributed by atoms with van der Waals surface area (Å²) < 4.78 is 24.3. The fourth-order valence-electron chi connectivity index (χ4n) is 2.10. The van der Waals surface area contributed by atoms with Crippen LogP contribution < -0.4 is 5.32 Å². The van der Waals surface area contributed by atoms with Gasteiger partial charge in [0.2, 0.25) is 10.0 Å². The molecule has 1 atom stereocenters. The maximum absolute atomic E-state index is 11.4. The number of thioether (sulfide) groups is 1. The maximum Gasteiger partial charge on any atom is 0.211 e. The summed E-state index contributed by atoms with van der Waals surface area (Å²) in [5, 5.41) is 3.58. The number of hydrogen-bond acceptors (Lipinski definition) is 4. The molecule has 0 spiro atoms. The van der Waals surface area contributed by atoms with Gasteiger partial charge in [-0.2, -0.15) is 11.8 Å². The van der Waals surface area contributed by atoms with Crippen LogP contribution in [0.3, 0.4) is 0 Å². The van der Waals surface area contributed by atoms with Crippen LogP contribution in [-0.4, -0.2) is 55.7 Å². The van der Waals surface area contributed by atoms with Gasteiger partial charge in [-0.3, -0.25) is 0 Å². The number of piperidine rings is 1. The highest BCUT2D eigenvalue weighted by Gasteiger charge is 2.25. The van der Waals surface area contributed by atoms with Crippen LogP contribution in [0.1, 0.15) is 26.7 Å². The van der Waals surface area contributed by atoms with Gasteiger partial charge in [0.1, 0.15) is 0 Å². The van der Waals surface area contributed by atoms with Crippen LogP contribution in [0.25, 0.3) is 0 Å². The third-order valence-electron chi connectivity index (χ3n) is 3.02. The van der Waals surface area contributed by atoms with Crippen molar-refractivity contribution in [2.75, 3.05) is 30.9 Å². The van der Waals surface area contributed by atoms with Crippen LogP contribution >= 0.6 is 11.8 Å². The lowest BCUT2D eigenvalue weighted by Crippen LogP contribution is -2.47. The molecule has 0 unspecified atom stereocenters. The summed E-state index contributed by atoms with van der Waals surface area (Å²) >= 11 is 1.94. The molecule has 1 rings (SSSR count). The molecule has 0 aromatic carbocycles. The molecule has 0 amide bonds. The van der Waals surface area contributed by atoms with Gasteiger partial charge in [-0.25, -0.2) is 12.7 Å². The zero-order chi connectivity index (χ0) is 12.9. The van der Waals surface area contributed by atoms with Crippen LogP contribution in [0, 0.1) is 0 Å². The van der Waals surface area contributed by atoms with E-state index in [0.29, 0.717) is 25.2 Å². The number of sulfonamides is 1. The number of nitrogens with zero attached hydrogens (tertiary/aromatic N) is 1. The quantitative estimate of drug-likeness (QED) is 0.793. The molecule has 6 heteroatoms. The lowest BCUT2D eigenvalue weighted by molar-refractivity contribution is 0.282. The first kappa shape index (κ1) is 15.3. The Labute approximate surface area is 110 Å². The van der Waals surface area contributed by atoms with Crippen molar-refractivity contribution in [3.8, 4) is 0 Å². The van der Waals surface area contributed by atoms with Crippen molar-refractivity contribution in [2.45, 2.75) is 38.8 Å². The molecule has 102 valence electrons. The molecule has 17 heavy (non-hydrogen) atoms. The van der Waals surface area contributed by atoms with E-state index in [9.17, 15) is 8.42 Å². The molecule has 0 aromatic rings. The molecule has 1 heterocycles. The van der Waals surface area contributed by atoms with E-state index in [1.807, 2.05) is 11.8 Å². The van der Waals surface area contributed by atoms with Gasteiger partial charge in [0, 0.05) is 30.9 Å². The van der Waals surface area contributed by atoms with Gasteiger partial charge in [0.15, 0.2) is 0 Å². The van der Waals surface area contributed by atoms with Crippen molar-refractivity contribution in [1.82, 2.24) is 9.62 Å². The van der Waals surface area contributed by atoms with Gasteiger partial charge in [0.05, 0.1) is 6.26 Å². The van der Waals surface area contributed by atoms with E-state index in [4.69, 9.17) is 0 Å². The zero-order valence-corrected chi connectivity index (χ0v) is 12.6. The molecule has 1 N–H and O–H groups in total. The molecule has 0 aliphatic carbocycles. The molecule has 0 saturated carbocycles. The molecule has 1 saturated heterocycles. The number of hydrogen-bond donors (Lipinski definition) is 1. The second-order valence-electron chi connectivity index (χ2n) is 4.66. The Bertz CT molecular complexity index is 311. The molecule has 1 aliphatic rings. The monoisotopic (exact) mass is 280 g/mol. The van der Waals surface area contributed by atoms with Crippen LogP contribution in [0.4, 0.5) is 0 Å². The van der Waals surface area contributed by atoms with Crippen LogP contribution in [0.5, 0.6) is 0 Å². The van der Waals surface area contributed by atoms with E-state index in [2.05, 4.69) is 19.2 Å². The van der Waals surface area contributed by atoms with Crippen molar-refractivity contribution in [2.24, 2.45) is 0 Å². The van der Waals surface area contributed by atoms with Gasteiger partial charge >= 0.3 is 0 Å². The molecule has 4 nitrogen and oxygen atoms in total. The molecular weight excluding hydrogens is 256 g/mol. The minimum Gasteiger partial charge on any atom is -0.311 e. The predicted molar refractivity (Wildman–Crippen MR) is 75.0 cm³/mol. The zero-order valence-electron chi connectivity index (χ0n) is 11.0. The van der Waals surface area contributed by atoms with Crippen molar-refractivity contribution in [1.29, 1.82) is 0 Å². The third-order valence-corrected chi connectivity index (χ3v) is 5.46. The molecule has 0 radical (unpaired) electrons. The maximum atomic E-state index is 11.4. The summed E-state index contributed by atoms with van der Waals surface area (Å²) in [5.74, 6) is 2.28. The Morgan fingerprint density at radius 3 is 2.47 bits per heavy atom. The predicted octanol–water partition coefficient (Wildman–Crippen LogP) is 1.14.